The molecule has 7 nitrogen and oxygen atoms in total. The van der Waals surface area contributed by atoms with Crippen LogP contribution in [0.2, 0.25) is 10.0 Å². The summed E-state index contributed by atoms with van der Waals surface area (Å²) in [4.78, 5) is 19.2. The van der Waals surface area contributed by atoms with Crippen LogP contribution in [-0.4, -0.2) is 37.6 Å². The molecule has 1 saturated carbocycles. The maximum absolute atomic E-state index is 12.2. The Morgan fingerprint density at radius 2 is 1.97 bits per heavy atom. The molecule has 1 aliphatic heterocycles. The summed E-state index contributed by atoms with van der Waals surface area (Å²) in [6.45, 7) is 5.50. The summed E-state index contributed by atoms with van der Waals surface area (Å²) in [5, 5.41) is 13.0. The van der Waals surface area contributed by atoms with E-state index in [1.165, 1.54) is 6.33 Å². The number of halogens is 2. The minimum atomic E-state index is -1.25. The number of benzene rings is 1. The second-order valence-electron chi connectivity index (χ2n) is 8.94. The first kappa shape index (κ1) is 21.0. The van der Waals surface area contributed by atoms with Gasteiger partial charge in [0.25, 0.3) is 5.56 Å². The molecule has 1 unspecified atom stereocenters. The number of H-pyrrole nitrogens is 1. The van der Waals surface area contributed by atoms with Crippen LogP contribution >= 0.6 is 23.2 Å². The highest BCUT2D eigenvalue weighted by molar-refractivity contribution is 6.42. The number of rotatable bonds is 3. The third-order valence-corrected chi connectivity index (χ3v) is 7.27. The van der Waals surface area contributed by atoms with Crippen LogP contribution in [0.1, 0.15) is 38.8 Å². The second-order valence-corrected chi connectivity index (χ2v) is 9.76. The zero-order chi connectivity index (χ0) is 22.1. The molecule has 5 atom stereocenters. The molecule has 1 aromatic carbocycles. The molecule has 9 heteroatoms. The summed E-state index contributed by atoms with van der Waals surface area (Å²) in [5.41, 5.74) is -0.201. The molecule has 2 aliphatic rings. The molecule has 31 heavy (non-hydrogen) atoms. The number of hydrogen-bond acceptors (Lipinski definition) is 5. The fraction of sp³-hybridized carbons (Fsp3) is 0.455. The number of aromatic amines is 1. The van der Waals surface area contributed by atoms with Crippen molar-refractivity contribution in [2.75, 3.05) is 0 Å². The fourth-order valence-electron chi connectivity index (χ4n) is 5.05. The maximum Gasteiger partial charge on any atom is 0.260 e. The third-order valence-electron chi connectivity index (χ3n) is 6.53. The normalized spacial score (nSPS) is 29.2. The molecule has 0 radical (unpaired) electrons. The number of fused-ring (bicyclic) bond motifs is 2. The minimum absolute atomic E-state index is 0.169. The van der Waals surface area contributed by atoms with Crippen LogP contribution in [0.3, 0.4) is 0 Å². The first-order valence-corrected chi connectivity index (χ1v) is 10.9. The van der Waals surface area contributed by atoms with Crippen LogP contribution in [0.15, 0.2) is 41.6 Å². The maximum atomic E-state index is 12.2. The van der Waals surface area contributed by atoms with E-state index in [1.807, 2.05) is 24.6 Å². The molecule has 0 spiro atoms. The lowest BCUT2D eigenvalue weighted by atomic mass is 9.80. The Morgan fingerprint density at radius 3 is 2.71 bits per heavy atom. The average molecular weight is 464 g/mol. The molecule has 2 fully saturated rings. The molecule has 3 heterocycles. The molecular formula is C22H23Cl2N3O4. The average Bonchev–Trinajstić information content (AvgIpc) is 3.35. The van der Waals surface area contributed by atoms with E-state index >= 15 is 0 Å². The summed E-state index contributed by atoms with van der Waals surface area (Å²) in [6, 6.07) is 6.74. The lowest BCUT2D eigenvalue weighted by Crippen LogP contribution is -2.39. The molecule has 5 rings (SSSR count). The van der Waals surface area contributed by atoms with Crippen LogP contribution in [0, 0.1) is 5.92 Å². The standard InChI is InChI=1S/C22H23Cl2N3O4/c1-21(2)30-17-13(22(3,29)11-4-5-14(23)15(24)8-11)9-16(18(17)31-21)27-7-6-12-19(27)25-10-26-20(12)28/h4-8,10,13,16-18,29H,9H2,1-3H3,(H,25,26,28)/t13-,16+,17+,18-,22?/m0/s1. The predicted molar refractivity (Wildman–Crippen MR) is 117 cm³/mol. The molecule has 2 aromatic heterocycles. The van der Waals surface area contributed by atoms with Gasteiger partial charge in [-0.3, -0.25) is 4.79 Å². The Hall–Kier alpha value is -1.90. The second kappa shape index (κ2) is 7.05. The van der Waals surface area contributed by atoms with Gasteiger partial charge in [0.1, 0.15) is 11.8 Å². The minimum Gasteiger partial charge on any atom is -0.385 e. The number of nitrogens with one attached hydrogen (secondary N) is 1. The van der Waals surface area contributed by atoms with Crippen molar-refractivity contribution in [1.82, 2.24) is 14.5 Å². The Morgan fingerprint density at radius 1 is 1.23 bits per heavy atom. The quantitative estimate of drug-likeness (QED) is 0.611. The van der Waals surface area contributed by atoms with E-state index in [1.54, 1.807) is 31.2 Å². The Kier molecular flexibility index (Phi) is 4.77. The van der Waals surface area contributed by atoms with Crippen molar-refractivity contribution in [3.05, 3.63) is 62.8 Å². The summed E-state index contributed by atoms with van der Waals surface area (Å²) in [6.07, 6.45) is 3.14. The number of aliphatic hydroxyl groups is 1. The SMILES string of the molecule is CC1(C)O[C@@H]2[C@H](O1)[C@@H](C(C)(O)c1ccc(Cl)c(Cl)c1)C[C@H]2n1ccc2c(=O)[nH]cnc21. The van der Waals surface area contributed by atoms with Gasteiger partial charge in [0, 0.05) is 12.1 Å². The largest absolute Gasteiger partial charge is 0.385 e. The van der Waals surface area contributed by atoms with Crippen LogP contribution in [0.25, 0.3) is 11.0 Å². The van der Waals surface area contributed by atoms with Crippen molar-refractivity contribution in [2.45, 2.75) is 56.8 Å². The summed E-state index contributed by atoms with van der Waals surface area (Å²) in [5.74, 6) is -1.09. The van der Waals surface area contributed by atoms with Gasteiger partial charge in [-0.25, -0.2) is 4.98 Å². The van der Waals surface area contributed by atoms with Crippen molar-refractivity contribution in [2.24, 2.45) is 5.92 Å². The first-order chi connectivity index (χ1) is 14.6. The lowest BCUT2D eigenvalue weighted by Gasteiger charge is -2.34. The number of aromatic nitrogens is 3. The summed E-state index contributed by atoms with van der Waals surface area (Å²) < 4.78 is 14.5. The fourth-order valence-corrected chi connectivity index (χ4v) is 5.35. The topological polar surface area (TPSA) is 89.4 Å². The molecule has 2 N–H and O–H groups in total. The van der Waals surface area contributed by atoms with Gasteiger partial charge in [-0.05, 0) is 51.0 Å². The van der Waals surface area contributed by atoms with E-state index in [2.05, 4.69) is 9.97 Å². The van der Waals surface area contributed by atoms with Crippen molar-refractivity contribution < 1.29 is 14.6 Å². The number of ether oxygens (including phenoxy) is 2. The molecule has 1 saturated heterocycles. The highest BCUT2D eigenvalue weighted by atomic mass is 35.5. The van der Waals surface area contributed by atoms with Gasteiger partial charge in [0.15, 0.2) is 5.79 Å². The van der Waals surface area contributed by atoms with E-state index in [0.717, 1.165) is 0 Å². The van der Waals surface area contributed by atoms with Crippen molar-refractivity contribution >= 4 is 34.2 Å². The van der Waals surface area contributed by atoms with Gasteiger partial charge in [-0.2, -0.15) is 0 Å². The Bertz CT molecular complexity index is 1220. The van der Waals surface area contributed by atoms with Crippen molar-refractivity contribution in [3.63, 3.8) is 0 Å². The van der Waals surface area contributed by atoms with Gasteiger partial charge in [-0.1, -0.05) is 29.3 Å². The van der Waals surface area contributed by atoms with Crippen molar-refractivity contribution in [3.8, 4) is 0 Å². The van der Waals surface area contributed by atoms with Crippen LogP contribution < -0.4 is 5.56 Å². The Balaban J connectivity index is 1.58. The zero-order valence-electron chi connectivity index (χ0n) is 17.3. The Labute approximate surface area is 188 Å². The van der Waals surface area contributed by atoms with E-state index < -0.39 is 11.4 Å². The van der Waals surface area contributed by atoms with Gasteiger partial charge in [0.2, 0.25) is 0 Å². The van der Waals surface area contributed by atoms with Gasteiger partial charge < -0.3 is 24.1 Å². The van der Waals surface area contributed by atoms with Crippen LogP contribution in [0.4, 0.5) is 0 Å². The highest BCUT2D eigenvalue weighted by Gasteiger charge is 2.59. The molecular weight excluding hydrogens is 441 g/mol. The summed E-state index contributed by atoms with van der Waals surface area (Å²) in [7, 11) is 0. The van der Waals surface area contributed by atoms with E-state index in [4.69, 9.17) is 32.7 Å². The molecule has 1 aliphatic carbocycles. The van der Waals surface area contributed by atoms with E-state index in [9.17, 15) is 9.90 Å². The van der Waals surface area contributed by atoms with Gasteiger partial charge >= 0.3 is 0 Å². The predicted octanol–water partition coefficient (Wildman–Crippen LogP) is 4.02. The zero-order valence-corrected chi connectivity index (χ0v) is 18.8. The molecule has 3 aromatic rings. The highest BCUT2D eigenvalue weighted by Crippen LogP contribution is 2.53. The molecule has 0 amide bonds. The van der Waals surface area contributed by atoms with E-state index in [-0.39, 0.29) is 29.7 Å². The van der Waals surface area contributed by atoms with Crippen LogP contribution in [-0.2, 0) is 15.1 Å². The smallest absolute Gasteiger partial charge is 0.260 e. The monoisotopic (exact) mass is 463 g/mol. The van der Waals surface area contributed by atoms with Gasteiger partial charge in [-0.15, -0.1) is 0 Å². The van der Waals surface area contributed by atoms with Crippen molar-refractivity contribution in [1.29, 1.82) is 0 Å². The number of nitrogens with zero attached hydrogens (tertiary/aromatic N) is 2. The van der Waals surface area contributed by atoms with Crippen LogP contribution in [0.5, 0.6) is 0 Å². The summed E-state index contributed by atoms with van der Waals surface area (Å²) >= 11 is 12.3. The lowest BCUT2D eigenvalue weighted by molar-refractivity contribution is -0.172. The van der Waals surface area contributed by atoms with Gasteiger partial charge in [0.05, 0.1) is 39.5 Å². The third kappa shape index (κ3) is 3.31. The molecule has 0 bridgehead atoms. The first-order valence-electron chi connectivity index (χ1n) is 10.2. The van der Waals surface area contributed by atoms with E-state index in [0.29, 0.717) is 33.1 Å². The molecule has 164 valence electrons. The number of hydrogen-bond donors (Lipinski definition) is 2.